The zero-order valence-electron chi connectivity index (χ0n) is 9.13. The average molecular weight is 268 g/mol. The highest BCUT2D eigenvalue weighted by atomic mass is 79.9. The molecular weight excluding hydrogens is 254 g/mol. The molecule has 0 fully saturated rings. The van der Waals surface area contributed by atoms with E-state index in [1.54, 1.807) is 0 Å². The number of nitrogens with one attached hydrogen (secondary N) is 1. The first-order chi connectivity index (χ1) is 7.09. The Hall–Kier alpha value is -0.870. The molecule has 0 saturated carbocycles. The fourth-order valence-corrected chi connectivity index (χ4v) is 2.08. The van der Waals surface area contributed by atoms with Gasteiger partial charge in [0, 0.05) is 28.8 Å². The fraction of sp³-hybridized carbons (Fsp3) is 0.364. The van der Waals surface area contributed by atoms with Crippen LogP contribution in [0, 0.1) is 6.92 Å². The topological polar surface area (TPSA) is 31.9 Å². The second kappa shape index (κ2) is 3.94. The van der Waals surface area contributed by atoms with Crippen LogP contribution in [0.4, 0.5) is 0 Å². The lowest BCUT2D eigenvalue weighted by atomic mass is 10.1. The number of fused-ring (bicyclic) bond motifs is 1. The Morgan fingerprint density at radius 2 is 2.20 bits per heavy atom. The highest BCUT2D eigenvalue weighted by Gasteiger charge is 2.10. The zero-order chi connectivity index (χ0) is 11.0. The molecular formula is C11H14BrN3. The predicted octanol–water partition coefficient (Wildman–Crippen LogP) is 2.70. The molecule has 0 atom stereocenters. The van der Waals surface area contributed by atoms with Crippen LogP contribution in [-0.4, -0.2) is 29.0 Å². The molecule has 1 N–H and O–H groups in total. The summed E-state index contributed by atoms with van der Waals surface area (Å²) in [5.41, 5.74) is 3.51. The Balaban J connectivity index is 2.61. The number of aromatic amines is 1. The number of pyridine rings is 1. The van der Waals surface area contributed by atoms with Crippen molar-refractivity contribution < 1.29 is 0 Å². The van der Waals surface area contributed by atoms with Crippen LogP contribution in [0.25, 0.3) is 11.0 Å². The average Bonchev–Trinajstić information content (AvgIpc) is 2.55. The smallest absolute Gasteiger partial charge is 0.137 e. The molecule has 0 aromatic carbocycles. The number of hydrogen-bond donors (Lipinski definition) is 1. The summed E-state index contributed by atoms with van der Waals surface area (Å²) in [6.07, 6.45) is 3.88. The Kier molecular flexibility index (Phi) is 2.80. The third-order valence-corrected chi connectivity index (χ3v) is 3.27. The first-order valence-corrected chi connectivity index (χ1v) is 5.64. The second-order valence-corrected chi connectivity index (χ2v) is 4.86. The van der Waals surface area contributed by atoms with Crippen molar-refractivity contribution in [3.63, 3.8) is 0 Å². The highest BCUT2D eigenvalue weighted by molar-refractivity contribution is 9.10. The SMILES string of the molecule is Cc1c(Br)cnc2[nH]cc(CN(C)C)c12. The first kappa shape index (κ1) is 10.6. The maximum absolute atomic E-state index is 4.35. The van der Waals surface area contributed by atoms with Gasteiger partial charge in [0.25, 0.3) is 0 Å². The molecule has 0 amide bonds. The van der Waals surface area contributed by atoms with Crippen LogP contribution in [0.2, 0.25) is 0 Å². The van der Waals surface area contributed by atoms with Gasteiger partial charge in [0.15, 0.2) is 0 Å². The number of H-pyrrole nitrogens is 1. The van der Waals surface area contributed by atoms with E-state index in [0.717, 1.165) is 16.7 Å². The van der Waals surface area contributed by atoms with E-state index in [0.29, 0.717) is 0 Å². The molecule has 2 aromatic rings. The van der Waals surface area contributed by atoms with Crippen molar-refractivity contribution in [3.8, 4) is 0 Å². The number of hydrogen-bond acceptors (Lipinski definition) is 2. The molecule has 0 unspecified atom stereocenters. The monoisotopic (exact) mass is 267 g/mol. The normalized spacial score (nSPS) is 11.5. The minimum absolute atomic E-state index is 0.930. The standard InChI is InChI=1S/C11H14BrN3/c1-7-9(12)5-14-11-10(7)8(4-13-11)6-15(2)3/h4-5H,6H2,1-3H3,(H,13,14). The lowest BCUT2D eigenvalue weighted by Gasteiger charge is -2.09. The van der Waals surface area contributed by atoms with Crippen molar-refractivity contribution in [1.82, 2.24) is 14.9 Å². The van der Waals surface area contributed by atoms with Crippen LogP contribution in [0.15, 0.2) is 16.9 Å². The minimum Gasteiger partial charge on any atom is -0.346 e. The Bertz CT molecular complexity index is 488. The van der Waals surface area contributed by atoms with E-state index in [1.807, 2.05) is 12.4 Å². The number of halogens is 1. The first-order valence-electron chi connectivity index (χ1n) is 4.85. The van der Waals surface area contributed by atoms with Gasteiger partial charge in [0.2, 0.25) is 0 Å². The van der Waals surface area contributed by atoms with Crippen LogP contribution in [-0.2, 0) is 6.54 Å². The molecule has 15 heavy (non-hydrogen) atoms. The quantitative estimate of drug-likeness (QED) is 0.908. The van der Waals surface area contributed by atoms with Gasteiger partial charge in [-0.3, -0.25) is 0 Å². The van der Waals surface area contributed by atoms with E-state index in [4.69, 9.17) is 0 Å². The summed E-state index contributed by atoms with van der Waals surface area (Å²) < 4.78 is 1.06. The van der Waals surface area contributed by atoms with Crippen LogP contribution in [0.1, 0.15) is 11.1 Å². The summed E-state index contributed by atoms with van der Waals surface area (Å²) in [6, 6.07) is 0. The lowest BCUT2D eigenvalue weighted by molar-refractivity contribution is 0.404. The van der Waals surface area contributed by atoms with Crippen LogP contribution >= 0.6 is 15.9 Å². The number of aromatic nitrogens is 2. The summed E-state index contributed by atoms with van der Waals surface area (Å²) in [5.74, 6) is 0. The molecule has 0 aliphatic rings. The van der Waals surface area contributed by atoms with E-state index < -0.39 is 0 Å². The summed E-state index contributed by atoms with van der Waals surface area (Å²) >= 11 is 3.51. The molecule has 0 aliphatic heterocycles. The van der Waals surface area contributed by atoms with Crippen molar-refractivity contribution in [3.05, 3.63) is 28.0 Å². The van der Waals surface area contributed by atoms with Crippen molar-refractivity contribution in [1.29, 1.82) is 0 Å². The molecule has 2 rings (SSSR count). The molecule has 0 spiro atoms. The molecule has 0 saturated heterocycles. The van der Waals surface area contributed by atoms with Crippen molar-refractivity contribution in [2.24, 2.45) is 0 Å². The second-order valence-electron chi connectivity index (χ2n) is 4.01. The van der Waals surface area contributed by atoms with Crippen LogP contribution < -0.4 is 0 Å². The van der Waals surface area contributed by atoms with Crippen molar-refractivity contribution >= 4 is 27.0 Å². The van der Waals surface area contributed by atoms with E-state index in [9.17, 15) is 0 Å². The number of aryl methyl sites for hydroxylation is 1. The van der Waals surface area contributed by atoms with Gasteiger partial charge in [-0.2, -0.15) is 0 Å². The maximum Gasteiger partial charge on any atom is 0.137 e. The summed E-state index contributed by atoms with van der Waals surface area (Å²) in [7, 11) is 4.14. The molecule has 80 valence electrons. The lowest BCUT2D eigenvalue weighted by Crippen LogP contribution is -2.10. The van der Waals surface area contributed by atoms with Crippen LogP contribution in [0.3, 0.4) is 0 Å². The molecule has 2 aromatic heterocycles. The number of rotatable bonds is 2. The van der Waals surface area contributed by atoms with Gasteiger partial charge >= 0.3 is 0 Å². The van der Waals surface area contributed by atoms with Crippen molar-refractivity contribution in [2.75, 3.05) is 14.1 Å². The Labute approximate surface area is 97.6 Å². The van der Waals surface area contributed by atoms with Crippen LogP contribution in [0.5, 0.6) is 0 Å². The van der Waals surface area contributed by atoms with Gasteiger partial charge in [0.1, 0.15) is 5.65 Å². The van der Waals surface area contributed by atoms with Gasteiger partial charge in [-0.15, -0.1) is 0 Å². The van der Waals surface area contributed by atoms with Gasteiger partial charge in [-0.25, -0.2) is 4.98 Å². The molecule has 0 bridgehead atoms. The van der Waals surface area contributed by atoms with E-state index in [-0.39, 0.29) is 0 Å². The highest BCUT2D eigenvalue weighted by Crippen LogP contribution is 2.26. The van der Waals surface area contributed by atoms with E-state index in [1.165, 1.54) is 16.5 Å². The maximum atomic E-state index is 4.35. The molecule has 0 aliphatic carbocycles. The summed E-state index contributed by atoms with van der Waals surface area (Å²) in [4.78, 5) is 9.71. The van der Waals surface area contributed by atoms with Gasteiger partial charge in [-0.05, 0) is 48.1 Å². The zero-order valence-corrected chi connectivity index (χ0v) is 10.7. The van der Waals surface area contributed by atoms with Gasteiger partial charge in [-0.1, -0.05) is 0 Å². The molecule has 2 heterocycles. The largest absolute Gasteiger partial charge is 0.346 e. The third-order valence-electron chi connectivity index (χ3n) is 2.47. The summed E-state index contributed by atoms with van der Waals surface area (Å²) in [6.45, 7) is 3.04. The predicted molar refractivity (Wildman–Crippen MR) is 65.9 cm³/mol. The summed E-state index contributed by atoms with van der Waals surface area (Å²) in [5, 5.41) is 1.23. The van der Waals surface area contributed by atoms with Gasteiger partial charge in [0.05, 0.1) is 0 Å². The molecule has 4 heteroatoms. The van der Waals surface area contributed by atoms with Crippen molar-refractivity contribution in [2.45, 2.75) is 13.5 Å². The van der Waals surface area contributed by atoms with E-state index >= 15 is 0 Å². The minimum atomic E-state index is 0.930. The Morgan fingerprint density at radius 3 is 2.87 bits per heavy atom. The number of nitrogens with zero attached hydrogens (tertiary/aromatic N) is 2. The Morgan fingerprint density at radius 1 is 1.47 bits per heavy atom. The third kappa shape index (κ3) is 1.92. The fourth-order valence-electron chi connectivity index (χ4n) is 1.77. The van der Waals surface area contributed by atoms with E-state index in [2.05, 4.69) is 51.8 Å². The molecule has 3 nitrogen and oxygen atoms in total. The molecule has 0 radical (unpaired) electrons. The van der Waals surface area contributed by atoms with Gasteiger partial charge < -0.3 is 9.88 Å².